The molecule has 1 amide bonds. The van der Waals surface area contributed by atoms with E-state index in [9.17, 15) is 18.0 Å². The normalized spacial score (nSPS) is 11.4. The van der Waals surface area contributed by atoms with Crippen LogP contribution in [0.15, 0.2) is 86.9 Å². The van der Waals surface area contributed by atoms with E-state index in [0.717, 1.165) is 15.6 Å². The van der Waals surface area contributed by atoms with Gasteiger partial charge in [0.1, 0.15) is 11.3 Å². The summed E-state index contributed by atoms with van der Waals surface area (Å²) < 4.78 is 38.1. The number of rotatable bonds is 5. The van der Waals surface area contributed by atoms with E-state index in [2.05, 4.69) is 0 Å². The van der Waals surface area contributed by atoms with Crippen LogP contribution in [-0.2, 0) is 10.0 Å². The Morgan fingerprint density at radius 1 is 1.00 bits per heavy atom. The standard InChI is InChI=1S/C21H15NO6S2/c1-27-16-10-7-14(8-11-16)20(23)22(30(25,26)17-5-3-2-4-6-17)15-9-12-18-19(13-15)29-21(24)28-18/h2-13H,1H3. The van der Waals surface area contributed by atoms with Gasteiger partial charge in [0.2, 0.25) is 0 Å². The van der Waals surface area contributed by atoms with Crippen molar-refractivity contribution in [2.75, 3.05) is 11.4 Å². The molecular formula is C21H15NO6S2. The molecule has 30 heavy (non-hydrogen) atoms. The van der Waals surface area contributed by atoms with Gasteiger partial charge in [0.05, 0.1) is 22.4 Å². The number of methoxy groups -OCH3 is 1. The van der Waals surface area contributed by atoms with Gasteiger partial charge in [-0.15, -0.1) is 0 Å². The van der Waals surface area contributed by atoms with Gasteiger partial charge < -0.3 is 9.15 Å². The molecule has 0 saturated carbocycles. The van der Waals surface area contributed by atoms with Crippen LogP contribution in [0.25, 0.3) is 10.3 Å². The fraction of sp³-hybridized carbons (Fsp3) is 0.0476. The Balaban J connectivity index is 1.89. The predicted molar refractivity (Wildman–Crippen MR) is 114 cm³/mol. The van der Waals surface area contributed by atoms with Crippen molar-refractivity contribution in [3.05, 3.63) is 88.1 Å². The Labute approximate surface area is 175 Å². The monoisotopic (exact) mass is 441 g/mol. The second-order valence-electron chi connectivity index (χ2n) is 6.20. The Morgan fingerprint density at radius 3 is 2.37 bits per heavy atom. The van der Waals surface area contributed by atoms with Crippen LogP contribution in [0.1, 0.15) is 10.4 Å². The third-order valence-electron chi connectivity index (χ3n) is 4.35. The maximum Gasteiger partial charge on any atom is 0.396 e. The van der Waals surface area contributed by atoms with Crippen molar-refractivity contribution in [2.45, 2.75) is 4.90 Å². The van der Waals surface area contributed by atoms with Gasteiger partial charge in [-0.3, -0.25) is 4.79 Å². The van der Waals surface area contributed by atoms with Crippen LogP contribution in [0.2, 0.25) is 0 Å². The lowest BCUT2D eigenvalue weighted by atomic mass is 10.2. The minimum absolute atomic E-state index is 0.0349. The smallest absolute Gasteiger partial charge is 0.396 e. The number of benzene rings is 3. The molecule has 152 valence electrons. The molecule has 0 aliphatic heterocycles. The molecule has 0 spiro atoms. The third-order valence-corrected chi connectivity index (χ3v) is 6.87. The quantitative estimate of drug-likeness (QED) is 0.466. The second kappa shape index (κ2) is 7.77. The summed E-state index contributed by atoms with van der Waals surface area (Å²) in [5, 5.41) is 0. The topological polar surface area (TPSA) is 93.9 Å². The molecule has 7 nitrogen and oxygen atoms in total. The number of anilines is 1. The van der Waals surface area contributed by atoms with E-state index in [0.29, 0.717) is 16.0 Å². The molecular weight excluding hydrogens is 426 g/mol. The highest BCUT2D eigenvalue weighted by Crippen LogP contribution is 2.30. The van der Waals surface area contributed by atoms with Gasteiger partial charge in [-0.25, -0.2) is 13.2 Å². The van der Waals surface area contributed by atoms with Gasteiger partial charge in [0.25, 0.3) is 15.9 Å². The van der Waals surface area contributed by atoms with Crippen LogP contribution in [0, 0.1) is 0 Å². The van der Waals surface area contributed by atoms with Crippen LogP contribution in [-0.4, -0.2) is 21.4 Å². The molecule has 0 aliphatic carbocycles. The molecule has 4 aromatic rings. The Bertz CT molecular complexity index is 1370. The summed E-state index contributed by atoms with van der Waals surface area (Å²) in [6, 6.07) is 18.1. The average Bonchev–Trinajstić information content (AvgIpc) is 3.13. The zero-order chi connectivity index (χ0) is 21.3. The lowest BCUT2D eigenvalue weighted by molar-refractivity contribution is 0.101. The predicted octanol–water partition coefficient (Wildman–Crippen LogP) is 3.90. The number of hydrogen-bond acceptors (Lipinski definition) is 7. The molecule has 1 heterocycles. The van der Waals surface area contributed by atoms with Gasteiger partial charge in [0.15, 0.2) is 0 Å². The van der Waals surface area contributed by atoms with Gasteiger partial charge in [0, 0.05) is 5.56 Å². The number of ether oxygens (including phenoxy) is 1. The maximum atomic E-state index is 13.4. The first-order valence-corrected chi connectivity index (χ1v) is 11.0. The first kappa shape index (κ1) is 19.9. The number of hydrogen-bond donors (Lipinski definition) is 0. The number of fused-ring (bicyclic) bond motifs is 1. The summed E-state index contributed by atoms with van der Waals surface area (Å²) in [6.45, 7) is 0. The molecule has 0 fully saturated rings. The van der Waals surface area contributed by atoms with Crippen LogP contribution >= 0.6 is 11.3 Å². The van der Waals surface area contributed by atoms with Gasteiger partial charge in [-0.1, -0.05) is 29.5 Å². The van der Waals surface area contributed by atoms with Crippen molar-refractivity contribution in [1.29, 1.82) is 0 Å². The first-order valence-electron chi connectivity index (χ1n) is 8.72. The molecule has 0 aliphatic rings. The summed E-state index contributed by atoms with van der Waals surface area (Å²) in [5.41, 5.74) is 0.586. The van der Waals surface area contributed by atoms with Crippen molar-refractivity contribution in [3.63, 3.8) is 0 Å². The SMILES string of the molecule is COc1ccc(C(=O)N(c2ccc3oc(=O)sc3c2)S(=O)(=O)c2ccccc2)cc1. The van der Waals surface area contributed by atoms with Crippen molar-refractivity contribution in [2.24, 2.45) is 0 Å². The van der Waals surface area contributed by atoms with Crippen LogP contribution < -0.4 is 14.0 Å². The van der Waals surface area contributed by atoms with E-state index in [4.69, 9.17) is 9.15 Å². The zero-order valence-corrected chi connectivity index (χ0v) is 17.3. The Morgan fingerprint density at radius 2 is 1.70 bits per heavy atom. The molecule has 4 rings (SSSR count). The molecule has 0 saturated heterocycles. The zero-order valence-electron chi connectivity index (χ0n) is 15.6. The van der Waals surface area contributed by atoms with Crippen LogP contribution in [0.4, 0.5) is 5.69 Å². The van der Waals surface area contributed by atoms with Crippen LogP contribution in [0.3, 0.4) is 0 Å². The number of carbonyl (C=O) groups is 1. The summed E-state index contributed by atoms with van der Waals surface area (Å²) in [6.07, 6.45) is 0. The van der Waals surface area contributed by atoms with Crippen molar-refractivity contribution < 1.29 is 22.4 Å². The second-order valence-corrected chi connectivity index (χ2v) is 8.97. The highest BCUT2D eigenvalue weighted by molar-refractivity contribution is 7.93. The fourth-order valence-electron chi connectivity index (χ4n) is 2.90. The summed E-state index contributed by atoms with van der Waals surface area (Å²) in [5.74, 6) is -0.203. The number of nitrogens with zero attached hydrogens (tertiary/aromatic N) is 1. The summed E-state index contributed by atoms with van der Waals surface area (Å²) in [7, 11) is -2.74. The largest absolute Gasteiger partial charge is 0.497 e. The van der Waals surface area contributed by atoms with E-state index in [1.807, 2.05) is 0 Å². The molecule has 9 heteroatoms. The number of carbonyl (C=O) groups excluding carboxylic acids is 1. The molecule has 1 aromatic heterocycles. The van der Waals surface area contributed by atoms with Crippen molar-refractivity contribution in [3.8, 4) is 5.75 Å². The van der Waals surface area contributed by atoms with Gasteiger partial charge in [-0.2, -0.15) is 4.31 Å². The molecule has 0 radical (unpaired) electrons. The Kier molecular flexibility index (Phi) is 5.15. The molecule has 0 N–H and O–H groups in total. The molecule has 3 aromatic carbocycles. The number of amides is 1. The molecule has 0 atom stereocenters. The minimum Gasteiger partial charge on any atom is -0.497 e. The van der Waals surface area contributed by atoms with Crippen molar-refractivity contribution >= 4 is 43.2 Å². The first-order chi connectivity index (χ1) is 14.4. The van der Waals surface area contributed by atoms with Crippen molar-refractivity contribution in [1.82, 2.24) is 0 Å². The summed E-state index contributed by atoms with van der Waals surface area (Å²) >= 11 is 0.831. The van der Waals surface area contributed by atoms with E-state index in [1.165, 1.54) is 49.6 Å². The van der Waals surface area contributed by atoms with E-state index < -0.39 is 20.9 Å². The lowest BCUT2D eigenvalue weighted by Gasteiger charge is -2.23. The van der Waals surface area contributed by atoms with Gasteiger partial charge in [-0.05, 0) is 54.6 Å². The van der Waals surface area contributed by atoms with Crippen LogP contribution in [0.5, 0.6) is 5.75 Å². The van der Waals surface area contributed by atoms with E-state index in [1.54, 1.807) is 30.3 Å². The summed E-state index contributed by atoms with van der Waals surface area (Å²) in [4.78, 5) is 24.3. The minimum atomic E-state index is -4.23. The van der Waals surface area contributed by atoms with E-state index >= 15 is 0 Å². The molecule has 0 bridgehead atoms. The fourth-order valence-corrected chi connectivity index (χ4v) is 5.03. The number of sulfonamides is 1. The average molecular weight is 441 g/mol. The van der Waals surface area contributed by atoms with E-state index in [-0.39, 0.29) is 16.1 Å². The maximum absolute atomic E-state index is 13.4. The third kappa shape index (κ3) is 3.60. The molecule has 0 unspecified atom stereocenters. The lowest BCUT2D eigenvalue weighted by Crippen LogP contribution is -2.37. The highest BCUT2D eigenvalue weighted by atomic mass is 32.2. The van der Waals surface area contributed by atoms with Gasteiger partial charge >= 0.3 is 4.94 Å². The Hall–Kier alpha value is -3.43. The highest BCUT2D eigenvalue weighted by Gasteiger charge is 2.32.